The third-order valence-corrected chi connectivity index (χ3v) is 6.90. The molecule has 0 saturated carbocycles. The first-order chi connectivity index (χ1) is 17.8. The van der Waals surface area contributed by atoms with Gasteiger partial charge in [-0.15, -0.1) is 6.42 Å². The molecule has 0 aliphatic carbocycles. The van der Waals surface area contributed by atoms with Crippen LogP contribution in [-0.2, 0) is 26.9 Å². The molecular formula is C27H24ClN3O5S. The summed E-state index contributed by atoms with van der Waals surface area (Å²) in [6.07, 6.45) is 10.4. The monoisotopic (exact) mass is 537 g/mol. The quantitative estimate of drug-likeness (QED) is 0.295. The molecule has 3 heterocycles. The molecule has 0 atom stereocenters. The minimum absolute atomic E-state index is 0.182. The Morgan fingerprint density at radius 3 is 2.76 bits per heavy atom. The number of benzene rings is 2. The van der Waals surface area contributed by atoms with E-state index in [1.165, 1.54) is 6.20 Å². The zero-order valence-electron chi connectivity index (χ0n) is 20.1. The smallest absolute Gasteiger partial charge is 0.154 e. The van der Waals surface area contributed by atoms with Gasteiger partial charge in [-0.25, -0.2) is 18.4 Å². The van der Waals surface area contributed by atoms with Gasteiger partial charge < -0.3 is 18.8 Å². The molecule has 0 amide bonds. The summed E-state index contributed by atoms with van der Waals surface area (Å²) in [5.74, 6) is 4.24. The maximum Gasteiger partial charge on any atom is 0.154 e. The van der Waals surface area contributed by atoms with Crippen molar-refractivity contribution in [2.75, 3.05) is 26.1 Å². The number of hydrogen-bond donors (Lipinski definition) is 0. The van der Waals surface area contributed by atoms with Crippen LogP contribution >= 0.6 is 11.6 Å². The normalized spacial score (nSPS) is 13.8. The third-order valence-electron chi connectivity index (χ3n) is 5.84. The Bertz CT molecular complexity index is 1610. The number of rotatable bonds is 9. The molecule has 2 aromatic heterocycles. The molecule has 0 unspecified atom stereocenters. The van der Waals surface area contributed by atoms with Gasteiger partial charge in [-0.2, -0.15) is 0 Å². The first kappa shape index (κ1) is 25.1. The van der Waals surface area contributed by atoms with Crippen molar-refractivity contribution in [3.63, 3.8) is 0 Å². The fourth-order valence-electron chi connectivity index (χ4n) is 3.97. The molecule has 2 aromatic carbocycles. The highest BCUT2D eigenvalue weighted by atomic mass is 35.5. The molecule has 0 N–H and O–H groups in total. The molecule has 37 heavy (non-hydrogen) atoms. The maximum absolute atomic E-state index is 11.5. The largest absolute Gasteiger partial charge is 0.490 e. The minimum Gasteiger partial charge on any atom is -0.490 e. The second-order valence-electron chi connectivity index (χ2n) is 8.89. The molecule has 0 bridgehead atoms. The second kappa shape index (κ2) is 10.4. The Balaban J connectivity index is 1.33. The van der Waals surface area contributed by atoms with Crippen LogP contribution in [0.25, 0.3) is 16.6 Å². The van der Waals surface area contributed by atoms with Crippen molar-refractivity contribution < 1.29 is 22.6 Å². The maximum atomic E-state index is 11.5. The molecule has 5 rings (SSSR count). The van der Waals surface area contributed by atoms with Gasteiger partial charge in [0.05, 0.1) is 41.6 Å². The lowest BCUT2D eigenvalue weighted by atomic mass is 10.1. The van der Waals surface area contributed by atoms with Crippen molar-refractivity contribution in [1.29, 1.82) is 0 Å². The van der Waals surface area contributed by atoms with Crippen LogP contribution < -0.4 is 9.47 Å². The highest BCUT2D eigenvalue weighted by Crippen LogP contribution is 2.34. The average Bonchev–Trinajstić information content (AvgIpc) is 3.25. The summed E-state index contributed by atoms with van der Waals surface area (Å²) in [6, 6.07) is 13.1. The number of sulfone groups is 1. The lowest BCUT2D eigenvalue weighted by Crippen LogP contribution is -2.32. The van der Waals surface area contributed by atoms with E-state index in [0.717, 1.165) is 22.8 Å². The van der Waals surface area contributed by atoms with Crippen molar-refractivity contribution in [2.24, 2.45) is 5.92 Å². The van der Waals surface area contributed by atoms with E-state index in [-0.39, 0.29) is 18.2 Å². The topological polar surface area (TPSA) is 92.5 Å². The molecule has 190 valence electrons. The standard InChI is InChI=1S/C27H24ClN3O5S/c1-3-19-10-22(12-24(28)27(19)36-15-18-13-34-14-18)31-9-7-20-11-23(4-5-25(20)31)35-16-21-6-8-29-26(30-21)17-37(2,32)33/h1,4-12,18H,13-17H2,2H3. The molecule has 1 aliphatic heterocycles. The van der Waals surface area contributed by atoms with Gasteiger partial charge in [-0.3, -0.25) is 0 Å². The zero-order chi connectivity index (χ0) is 26.0. The van der Waals surface area contributed by atoms with Crippen LogP contribution in [0, 0.1) is 18.3 Å². The van der Waals surface area contributed by atoms with Crippen LogP contribution in [0.5, 0.6) is 11.5 Å². The first-order valence-electron chi connectivity index (χ1n) is 11.5. The van der Waals surface area contributed by atoms with Gasteiger partial charge in [0, 0.05) is 35.6 Å². The molecule has 1 fully saturated rings. The summed E-state index contributed by atoms with van der Waals surface area (Å²) >= 11 is 6.57. The predicted octanol–water partition coefficient (Wildman–Crippen LogP) is 4.20. The van der Waals surface area contributed by atoms with Gasteiger partial charge in [0.25, 0.3) is 0 Å². The number of nitrogens with zero attached hydrogens (tertiary/aromatic N) is 3. The van der Waals surface area contributed by atoms with E-state index in [2.05, 4.69) is 15.9 Å². The lowest BCUT2D eigenvalue weighted by Gasteiger charge is -2.26. The summed E-state index contributed by atoms with van der Waals surface area (Å²) in [6.45, 7) is 2.06. The summed E-state index contributed by atoms with van der Waals surface area (Å²) in [7, 11) is -3.22. The minimum atomic E-state index is -3.22. The van der Waals surface area contributed by atoms with E-state index >= 15 is 0 Å². The Morgan fingerprint density at radius 2 is 2.03 bits per heavy atom. The first-order valence-corrected chi connectivity index (χ1v) is 14.0. The predicted molar refractivity (Wildman–Crippen MR) is 141 cm³/mol. The van der Waals surface area contributed by atoms with Crippen molar-refractivity contribution in [2.45, 2.75) is 12.4 Å². The second-order valence-corrected chi connectivity index (χ2v) is 11.4. The van der Waals surface area contributed by atoms with E-state index < -0.39 is 9.84 Å². The van der Waals surface area contributed by atoms with E-state index in [1.807, 2.05) is 47.2 Å². The highest BCUT2D eigenvalue weighted by Gasteiger charge is 2.21. The Hall–Kier alpha value is -3.58. The molecule has 8 nitrogen and oxygen atoms in total. The fourth-order valence-corrected chi connectivity index (χ4v) is 4.85. The summed E-state index contributed by atoms with van der Waals surface area (Å²) in [5, 5.41) is 1.41. The van der Waals surface area contributed by atoms with E-state index in [4.69, 9.17) is 32.2 Å². The number of terminal acetylenes is 1. The van der Waals surface area contributed by atoms with E-state index in [0.29, 0.717) is 53.5 Å². The fraction of sp³-hybridized carbons (Fsp3) is 0.259. The van der Waals surface area contributed by atoms with Crippen molar-refractivity contribution >= 4 is 32.3 Å². The molecule has 1 saturated heterocycles. The van der Waals surface area contributed by atoms with Crippen LogP contribution in [0.3, 0.4) is 0 Å². The molecular weight excluding hydrogens is 514 g/mol. The van der Waals surface area contributed by atoms with Crippen LogP contribution in [0.15, 0.2) is 54.9 Å². The molecule has 0 radical (unpaired) electrons. The average molecular weight is 538 g/mol. The van der Waals surface area contributed by atoms with Gasteiger partial charge in [-0.05, 0) is 42.5 Å². The number of hydrogen-bond acceptors (Lipinski definition) is 7. The van der Waals surface area contributed by atoms with Gasteiger partial charge in [0.15, 0.2) is 15.6 Å². The Morgan fingerprint density at radius 1 is 1.19 bits per heavy atom. The SMILES string of the molecule is C#Cc1cc(-n2ccc3cc(OCc4ccnc(CS(C)(=O)=O)n4)ccc32)cc(Cl)c1OCC1COC1. The van der Waals surface area contributed by atoms with Crippen LogP contribution in [0.2, 0.25) is 5.02 Å². The number of fused-ring (bicyclic) bond motifs is 1. The van der Waals surface area contributed by atoms with Gasteiger partial charge in [0.1, 0.15) is 23.9 Å². The Labute approximate surface area is 220 Å². The number of aromatic nitrogens is 3. The van der Waals surface area contributed by atoms with Gasteiger partial charge in [-0.1, -0.05) is 17.5 Å². The lowest BCUT2D eigenvalue weighted by molar-refractivity contribution is -0.0508. The van der Waals surface area contributed by atoms with E-state index in [1.54, 1.807) is 6.07 Å². The van der Waals surface area contributed by atoms with Crippen LogP contribution in [-0.4, -0.2) is 49.0 Å². The number of halogens is 1. The van der Waals surface area contributed by atoms with Crippen molar-refractivity contribution in [3.8, 4) is 29.5 Å². The summed E-state index contributed by atoms with van der Waals surface area (Å²) in [4.78, 5) is 8.29. The van der Waals surface area contributed by atoms with Gasteiger partial charge in [0.2, 0.25) is 0 Å². The van der Waals surface area contributed by atoms with E-state index in [9.17, 15) is 8.42 Å². The summed E-state index contributed by atoms with van der Waals surface area (Å²) in [5.41, 5.74) is 2.95. The molecule has 0 spiro atoms. The molecule has 1 aliphatic rings. The van der Waals surface area contributed by atoms with Crippen molar-refractivity contribution in [1.82, 2.24) is 14.5 Å². The Kier molecular flexibility index (Phi) is 7.07. The third kappa shape index (κ3) is 5.88. The van der Waals surface area contributed by atoms with Crippen molar-refractivity contribution in [3.05, 3.63) is 77.0 Å². The molecule has 10 heteroatoms. The zero-order valence-corrected chi connectivity index (χ0v) is 21.6. The van der Waals surface area contributed by atoms with Crippen LogP contribution in [0.4, 0.5) is 0 Å². The van der Waals surface area contributed by atoms with Crippen LogP contribution in [0.1, 0.15) is 17.1 Å². The molecule has 4 aromatic rings. The number of ether oxygens (including phenoxy) is 3. The van der Waals surface area contributed by atoms with Gasteiger partial charge >= 0.3 is 0 Å². The highest BCUT2D eigenvalue weighted by molar-refractivity contribution is 7.89. The summed E-state index contributed by atoms with van der Waals surface area (Å²) < 4.78 is 42.1.